The number of nitrogens with one attached hydrogen (secondary N) is 1. The molecule has 2 fully saturated rings. The maximum atomic E-state index is 9.06. The molecule has 1 saturated carbocycles. The lowest BCUT2D eigenvalue weighted by molar-refractivity contribution is 0.206. The molecule has 2 unspecified atom stereocenters. The minimum atomic E-state index is 0.235. The standard InChI is InChI=1S/C14H21N3/c1-2-8-17-9-6-13(7-10-17)16-14-5-3-4-12(14)11-15/h1,12-14,16H,3-10H2. The van der Waals surface area contributed by atoms with Gasteiger partial charge in [0, 0.05) is 25.2 Å². The highest BCUT2D eigenvalue weighted by atomic mass is 15.1. The van der Waals surface area contributed by atoms with Crippen molar-refractivity contribution in [2.45, 2.75) is 44.2 Å². The van der Waals surface area contributed by atoms with Gasteiger partial charge in [-0.25, -0.2) is 0 Å². The Morgan fingerprint density at radius 1 is 1.24 bits per heavy atom. The van der Waals surface area contributed by atoms with Gasteiger partial charge in [0.25, 0.3) is 0 Å². The Kier molecular flexibility index (Phi) is 4.42. The number of hydrogen-bond donors (Lipinski definition) is 1. The van der Waals surface area contributed by atoms with E-state index in [0.717, 1.165) is 38.9 Å². The number of terminal acetylenes is 1. The van der Waals surface area contributed by atoms with Crippen molar-refractivity contribution in [2.24, 2.45) is 5.92 Å². The number of rotatable bonds is 3. The first kappa shape index (κ1) is 12.4. The summed E-state index contributed by atoms with van der Waals surface area (Å²) >= 11 is 0. The average molecular weight is 231 g/mol. The molecular weight excluding hydrogens is 210 g/mol. The van der Waals surface area contributed by atoms with Gasteiger partial charge in [-0.2, -0.15) is 5.26 Å². The van der Waals surface area contributed by atoms with Crippen molar-refractivity contribution in [1.82, 2.24) is 10.2 Å². The van der Waals surface area contributed by atoms with Crippen molar-refractivity contribution >= 4 is 0 Å². The monoisotopic (exact) mass is 231 g/mol. The van der Waals surface area contributed by atoms with Gasteiger partial charge in [0.05, 0.1) is 18.5 Å². The largest absolute Gasteiger partial charge is 0.310 e. The van der Waals surface area contributed by atoms with E-state index in [0.29, 0.717) is 12.1 Å². The first-order valence-corrected chi connectivity index (χ1v) is 6.65. The van der Waals surface area contributed by atoms with Gasteiger partial charge in [0.15, 0.2) is 0 Å². The molecule has 2 aliphatic rings. The summed E-state index contributed by atoms with van der Waals surface area (Å²) in [5, 5.41) is 12.7. The van der Waals surface area contributed by atoms with E-state index in [-0.39, 0.29) is 5.92 Å². The zero-order valence-electron chi connectivity index (χ0n) is 10.4. The van der Waals surface area contributed by atoms with Crippen molar-refractivity contribution in [3.05, 3.63) is 0 Å². The van der Waals surface area contributed by atoms with Crippen LogP contribution in [0, 0.1) is 29.6 Å². The van der Waals surface area contributed by atoms with E-state index in [2.05, 4.69) is 22.2 Å². The summed E-state index contributed by atoms with van der Waals surface area (Å²) in [4.78, 5) is 2.33. The molecule has 1 heterocycles. The van der Waals surface area contributed by atoms with Crippen molar-refractivity contribution in [3.63, 3.8) is 0 Å². The van der Waals surface area contributed by atoms with Crippen LogP contribution in [0.2, 0.25) is 0 Å². The zero-order chi connectivity index (χ0) is 12.1. The maximum absolute atomic E-state index is 9.06. The molecule has 1 aliphatic heterocycles. The minimum Gasteiger partial charge on any atom is -0.310 e. The van der Waals surface area contributed by atoms with Crippen LogP contribution in [0.3, 0.4) is 0 Å². The SMILES string of the molecule is C#CCN1CCC(NC2CCCC2C#N)CC1. The summed E-state index contributed by atoms with van der Waals surface area (Å²) in [5.41, 5.74) is 0. The fourth-order valence-electron chi connectivity index (χ4n) is 3.00. The lowest BCUT2D eigenvalue weighted by Gasteiger charge is -2.33. The quantitative estimate of drug-likeness (QED) is 0.746. The fourth-order valence-corrected chi connectivity index (χ4v) is 3.00. The second-order valence-corrected chi connectivity index (χ2v) is 5.19. The van der Waals surface area contributed by atoms with Crippen LogP contribution in [-0.4, -0.2) is 36.6 Å². The second kappa shape index (κ2) is 6.05. The first-order valence-electron chi connectivity index (χ1n) is 6.65. The molecule has 92 valence electrons. The molecule has 1 N–H and O–H groups in total. The highest BCUT2D eigenvalue weighted by Gasteiger charge is 2.29. The lowest BCUT2D eigenvalue weighted by Crippen LogP contribution is -2.47. The van der Waals surface area contributed by atoms with E-state index >= 15 is 0 Å². The van der Waals surface area contributed by atoms with Gasteiger partial charge < -0.3 is 5.32 Å². The summed E-state index contributed by atoms with van der Waals surface area (Å²) in [6.45, 7) is 2.95. The summed E-state index contributed by atoms with van der Waals surface area (Å²) in [6, 6.07) is 3.45. The third-order valence-corrected chi connectivity index (χ3v) is 4.03. The Morgan fingerprint density at radius 3 is 2.65 bits per heavy atom. The van der Waals surface area contributed by atoms with Crippen molar-refractivity contribution < 1.29 is 0 Å². The fraction of sp³-hybridized carbons (Fsp3) is 0.786. The first-order chi connectivity index (χ1) is 8.33. The van der Waals surface area contributed by atoms with Gasteiger partial charge in [0.1, 0.15) is 0 Å². The highest BCUT2D eigenvalue weighted by molar-refractivity contribution is 4.98. The van der Waals surface area contributed by atoms with Crippen LogP contribution in [0.5, 0.6) is 0 Å². The van der Waals surface area contributed by atoms with Crippen molar-refractivity contribution in [1.29, 1.82) is 5.26 Å². The summed E-state index contributed by atoms with van der Waals surface area (Å²) in [6.07, 6.45) is 11.1. The summed E-state index contributed by atoms with van der Waals surface area (Å²) in [7, 11) is 0. The molecule has 3 nitrogen and oxygen atoms in total. The molecule has 0 amide bonds. The Morgan fingerprint density at radius 2 is 2.00 bits per heavy atom. The minimum absolute atomic E-state index is 0.235. The van der Waals surface area contributed by atoms with E-state index in [1.54, 1.807) is 0 Å². The van der Waals surface area contributed by atoms with Gasteiger partial charge in [-0.15, -0.1) is 6.42 Å². The van der Waals surface area contributed by atoms with Gasteiger partial charge in [-0.3, -0.25) is 4.90 Å². The molecule has 17 heavy (non-hydrogen) atoms. The highest BCUT2D eigenvalue weighted by Crippen LogP contribution is 2.26. The average Bonchev–Trinajstić information content (AvgIpc) is 2.79. The van der Waals surface area contributed by atoms with Crippen molar-refractivity contribution in [2.75, 3.05) is 19.6 Å². The number of likely N-dealkylation sites (tertiary alicyclic amines) is 1. The Bertz CT molecular complexity index is 317. The maximum Gasteiger partial charge on any atom is 0.0672 e. The molecular formula is C14H21N3. The number of nitrogens with zero attached hydrogens (tertiary/aromatic N) is 2. The van der Waals surface area contributed by atoms with E-state index < -0.39 is 0 Å². The van der Waals surface area contributed by atoms with Crippen LogP contribution < -0.4 is 5.32 Å². The molecule has 0 spiro atoms. The number of piperidine rings is 1. The second-order valence-electron chi connectivity index (χ2n) is 5.19. The topological polar surface area (TPSA) is 39.1 Å². The smallest absolute Gasteiger partial charge is 0.0672 e. The molecule has 0 aromatic heterocycles. The molecule has 2 atom stereocenters. The molecule has 0 bridgehead atoms. The van der Waals surface area contributed by atoms with Crippen LogP contribution >= 0.6 is 0 Å². The molecule has 0 aromatic rings. The van der Waals surface area contributed by atoms with E-state index in [1.807, 2.05) is 0 Å². The van der Waals surface area contributed by atoms with E-state index in [4.69, 9.17) is 11.7 Å². The predicted octanol–water partition coefficient (Wildman–Crippen LogP) is 1.37. The normalized spacial score (nSPS) is 30.9. The van der Waals surface area contributed by atoms with Crippen LogP contribution in [0.25, 0.3) is 0 Å². The Hall–Kier alpha value is -1.03. The van der Waals surface area contributed by atoms with Crippen LogP contribution in [0.15, 0.2) is 0 Å². The number of nitriles is 1. The summed E-state index contributed by atoms with van der Waals surface area (Å²) in [5.74, 6) is 2.94. The van der Waals surface area contributed by atoms with Crippen LogP contribution in [0.1, 0.15) is 32.1 Å². The van der Waals surface area contributed by atoms with Gasteiger partial charge >= 0.3 is 0 Å². The third-order valence-electron chi connectivity index (χ3n) is 4.03. The third kappa shape index (κ3) is 3.22. The van der Waals surface area contributed by atoms with E-state index in [1.165, 1.54) is 12.8 Å². The molecule has 0 aromatic carbocycles. The van der Waals surface area contributed by atoms with Crippen LogP contribution in [0.4, 0.5) is 0 Å². The Balaban J connectivity index is 1.75. The number of hydrogen-bond acceptors (Lipinski definition) is 3. The molecule has 1 aliphatic carbocycles. The van der Waals surface area contributed by atoms with Gasteiger partial charge in [0.2, 0.25) is 0 Å². The van der Waals surface area contributed by atoms with Crippen molar-refractivity contribution in [3.8, 4) is 18.4 Å². The van der Waals surface area contributed by atoms with Gasteiger partial charge in [-0.1, -0.05) is 12.3 Å². The van der Waals surface area contributed by atoms with Gasteiger partial charge in [-0.05, 0) is 25.7 Å². The Labute approximate surface area is 104 Å². The van der Waals surface area contributed by atoms with E-state index in [9.17, 15) is 0 Å². The molecule has 1 saturated heterocycles. The predicted molar refractivity (Wildman–Crippen MR) is 68.2 cm³/mol. The van der Waals surface area contributed by atoms with Crippen LogP contribution in [-0.2, 0) is 0 Å². The zero-order valence-corrected chi connectivity index (χ0v) is 10.4. The molecule has 2 rings (SSSR count). The molecule has 3 heteroatoms. The summed E-state index contributed by atoms with van der Waals surface area (Å²) < 4.78 is 0. The lowest BCUT2D eigenvalue weighted by atomic mass is 10.00. The molecule has 0 radical (unpaired) electrons.